The van der Waals surface area contributed by atoms with Gasteiger partial charge in [-0.2, -0.15) is 4.98 Å². The first-order valence-electron chi connectivity index (χ1n) is 8.74. The highest BCUT2D eigenvalue weighted by atomic mass is 16.5. The Kier molecular flexibility index (Phi) is 5.55. The Labute approximate surface area is 162 Å². The zero-order valence-electron chi connectivity index (χ0n) is 15.9. The van der Waals surface area contributed by atoms with Gasteiger partial charge < -0.3 is 26.3 Å². The number of amides is 1. The highest BCUT2D eigenvalue weighted by Crippen LogP contribution is 2.32. The number of nitrogen functional groups attached to an aromatic ring is 1. The lowest BCUT2D eigenvalue weighted by Gasteiger charge is -2.13. The summed E-state index contributed by atoms with van der Waals surface area (Å²) in [5.41, 5.74) is 14.4. The van der Waals surface area contributed by atoms with Gasteiger partial charge in [-0.3, -0.25) is 4.79 Å². The molecular formula is C19H22N6O3. The Morgan fingerprint density at radius 3 is 2.68 bits per heavy atom. The van der Waals surface area contributed by atoms with Crippen LogP contribution in [0.5, 0.6) is 11.6 Å². The standard InChI is InChI=1S/C19H22N6O3/c1-4-28-18-16-14(24-19(21)25-18)8-7-12(22-16)11-5-6-13(15(9-11)27-3)23-17(26)10(2)20/h5-10H,4,20H2,1-3H3,(H,23,26)(H2,21,24,25). The van der Waals surface area contributed by atoms with E-state index in [1.807, 2.05) is 19.1 Å². The molecule has 2 aromatic heterocycles. The summed E-state index contributed by atoms with van der Waals surface area (Å²) in [4.78, 5) is 24.8. The molecule has 1 atom stereocenters. The fraction of sp³-hybridized carbons (Fsp3) is 0.263. The summed E-state index contributed by atoms with van der Waals surface area (Å²) >= 11 is 0. The van der Waals surface area contributed by atoms with E-state index in [1.54, 1.807) is 25.1 Å². The molecule has 0 aliphatic rings. The maximum absolute atomic E-state index is 11.9. The van der Waals surface area contributed by atoms with Crippen LogP contribution in [-0.4, -0.2) is 40.6 Å². The summed E-state index contributed by atoms with van der Waals surface area (Å²) in [5.74, 6) is 0.652. The van der Waals surface area contributed by atoms with Crippen LogP contribution in [0.4, 0.5) is 11.6 Å². The number of methoxy groups -OCH3 is 1. The molecule has 0 spiro atoms. The van der Waals surface area contributed by atoms with Gasteiger partial charge in [0.05, 0.1) is 36.7 Å². The predicted octanol–water partition coefficient (Wildman–Crippen LogP) is 1.97. The van der Waals surface area contributed by atoms with E-state index in [0.717, 1.165) is 5.56 Å². The number of benzene rings is 1. The summed E-state index contributed by atoms with van der Waals surface area (Å²) in [6, 6.07) is 8.34. The summed E-state index contributed by atoms with van der Waals surface area (Å²) < 4.78 is 10.9. The van der Waals surface area contributed by atoms with Crippen molar-refractivity contribution < 1.29 is 14.3 Å². The Balaban J connectivity index is 2.03. The molecule has 28 heavy (non-hydrogen) atoms. The van der Waals surface area contributed by atoms with E-state index in [-0.39, 0.29) is 11.9 Å². The maximum atomic E-state index is 11.9. The Bertz CT molecular complexity index is 1020. The molecule has 2 heterocycles. The number of hydrogen-bond donors (Lipinski definition) is 3. The highest BCUT2D eigenvalue weighted by Gasteiger charge is 2.14. The molecule has 9 heteroatoms. The zero-order chi connectivity index (χ0) is 20.3. The molecule has 0 radical (unpaired) electrons. The molecule has 0 aliphatic heterocycles. The number of aromatic nitrogens is 3. The minimum atomic E-state index is -0.629. The van der Waals surface area contributed by atoms with Gasteiger partial charge in [0.25, 0.3) is 0 Å². The van der Waals surface area contributed by atoms with Gasteiger partial charge in [-0.15, -0.1) is 0 Å². The Morgan fingerprint density at radius 1 is 1.21 bits per heavy atom. The number of rotatable bonds is 6. The van der Waals surface area contributed by atoms with Crippen LogP contribution in [0.3, 0.4) is 0 Å². The van der Waals surface area contributed by atoms with Gasteiger partial charge in [-0.1, -0.05) is 6.07 Å². The van der Waals surface area contributed by atoms with E-state index < -0.39 is 6.04 Å². The van der Waals surface area contributed by atoms with Crippen LogP contribution in [0.15, 0.2) is 30.3 Å². The maximum Gasteiger partial charge on any atom is 0.245 e. The SMILES string of the molecule is CCOc1nc(N)nc2ccc(-c3ccc(NC(=O)C(C)N)c(OC)c3)nc12. The number of nitrogens with one attached hydrogen (secondary N) is 1. The molecule has 0 fully saturated rings. The number of pyridine rings is 1. The highest BCUT2D eigenvalue weighted by molar-refractivity contribution is 5.96. The van der Waals surface area contributed by atoms with Crippen molar-refractivity contribution in [3.05, 3.63) is 30.3 Å². The van der Waals surface area contributed by atoms with Crippen molar-refractivity contribution in [2.24, 2.45) is 5.73 Å². The van der Waals surface area contributed by atoms with Crippen LogP contribution < -0.4 is 26.3 Å². The lowest BCUT2D eigenvalue weighted by atomic mass is 10.1. The van der Waals surface area contributed by atoms with E-state index in [0.29, 0.717) is 40.7 Å². The van der Waals surface area contributed by atoms with Crippen molar-refractivity contribution in [1.29, 1.82) is 0 Å². The van der Waals surface area contributed by atoms with E-state index in [9.17, 15) is 4.79 Å². The van der Waals surface area contributed by atoms with Gasteiger partial charge in [0, 0.05) is 5.56 Å². The largest absolute Gasteiger partial charge is 0.495 e. The molecule has 0 aliphatic carbocycles. The van der Waals surface area contributed by atoms with E-state index in [2.05, 4.69) is 20.3 Å². The molecule has 0 saturated carbocycles. The van der Waals surface area contributed by atoms with Gasteiger partial charge in [0.15, 0.2) is 5.52 Å². The predicted molar refractivity (Wildman–Crippen MR) is 107 cm³/mol. The number of anilines is 2. The van der Waals surface area contributed by atoms with Gasteiger partial charge >= 0.3 is 0 Å². The lowest BCUT2D eigenvalue weighted by molar-refractivity contribution is -0.117. The zero-order valence-corrected chi connectivity index (χ0v) is 15.9. The van der Waals surface area contributed by atoms with Crippen molar-refractivity contribution in [3.63, 3.8) is 0 Å². The fourth-order valence-corrected chi connectivity index (χ4v) is 2.60. The number of fused-ring (bicyclic) bond motifs is 1. The van der Waals surface area contributed by atoms with Gasteiger partial charge in [-0.25, -0.2) is 9.97 Å². The van der Waals surface area contributed by atoms with Crippen molar-refractivity contribution in [2.45, 2.75) is 19.9 Å². The molecule has 0 saturated heterocycles. The number of carbonyl (C=O) groups is 1. The second-order valence-electron chi connectivity index (χ2n) is 6.08. The third-order valence-electron chi connectivity index (χ3n) is 3.98. The van der Waals surface area contributed by atoms with Crippen LogP contribution in [0.25, 0.3) is 22.3 Å². The Morgan fingerprint density at radius 2 is 2.00 bits per heavy atom. The first-order valence-corrected chi connectivity index (χ1v) is 8.74. The van der Waals surface area contributed by atoms with Gasteiger partial charge in [-0.05, 0) is 38.1 Å². The van der Waals surface area contributed by atoms with Crippen LogP contribution in [0.2, 0.25) is 0 Å². The fourth-order valence-electron chi connectivity index (χ4n) is 2.60. The number of nitrogens with zero attached hydrogens (tertiary/aromatic N) is 3. The minimum Gasteiger partial charge on any atom is -0.495 e. The number of carbonyl (C=O) groups excluding carboxylic acids is 1. The first-order chi connectivity index (χ1) is 13.4. The van der Waals surface area contributed by atoms with E-state index in [4.69, 9.17) is 20.9 Å². The molecule has 9 nitrogen and oxygen atoms in total. The molecule has 146 valence electrons. The summed E-state index contributed by atoms with van der Waals surface area (Å²) in [7, 11) is 1.53. The van der Waals surface area contributed by atoms with Gasteiger partial charge in [0.2, 0.25) is 17.7 Å². The van der Waals surface area contributed by atoms with Crippen LogP contribution in [-0.2, 0) is 4.79 Å². The first kappa shape index (κ1) is 19.3. The average molecular weight is 382 g/mol. The minimum absolute atomic E-state index is 0.126. The number of ether oxygens (including phenoxy) is 2. The molecule has 1 aromatic carbocycles. The van der Waals surface area contributed by atoms with Gasteiger partial charge in [0.1, 0.15) is 5.75 Å². The summed E-state index contributed by atoms with van der Waals surface area (Å²) in [6.45, 7) is 3.90. The third-order valence-corrected chi connectivity index (χ3v) is 3.98. The third kappa shape index (κ3) is 3.94. The molecule has 3 aromatic rings. The summed E-state index contributed by atoms with van der Waals surface area (Å²) in [6.07, 6.45) is 0. The Hall–Kier alpha value is -3.46. The lowest BCUT2D eigenvalue weighted by Crippen LogP contribution is -2.32. The van der Waals surface area contributed by atoms with Crippen molar-refractivity contribution in [1.82, 2.24) is 15.0 Å². The normalized spacial score (nSPS) is 11.9. The second kappa shape index (κ2) is 8.05. The molecule has 1 amide bonds. The molecule has 1 unspecified atom stereocenters. The molecule has 0 bridgehead atoms. The van der Waals surface area contributed by atoms with Crippen molar-refractivity contribution >= 4 is 28.6 Å². The van der Waals surface area contributed by atoms with Crippen molar-refractivity contribution in [2.75, 3.05) is 24.8 Å². The van der Waals surface area contributed by atoms with Crippen molar-refractivity contribution in [3.8, 4) is 22.9 Å². The quantitative estimate of drug-likeness (QED) is 0.588. The van der Waals surface area contributed by atoms with Crippen LogP contribution in [0.1, 0.15) is 13.8 Å². The molecule has 5 N–H and O–H groups in total. The van der Waals surface area contributed by atoms with Crippen LogP contribution >= 0.6 is 0 Å². The second-order valence-corrected chi connectivity index (χ2v) is 6.08. The summed E-state index contributed by atoms with van der Waals surface area (Å²) in [5, 5.41) is 2.74. The van der Waals surface area contributed by atoms with Crippen LogP contribution in [0, 0.1) is 0 Å². The number of hydrogen-bond acceptors (Lipinski definition) is 8. The topological polar surface area (TPSA) is 138 Å². The molecular weight excluding hydrogens is 360 g/mol. The molecule has 3 rings (SSSR count). The van der Waals surface area contributed by atoms with E-state index in [1.165, 1.54) is 7.11 Å². The monoisotopic (exact) mass is 382 g/mol. The number of nitrogens with two attached hydrogens (primary N) is 2. The smallest absolute Gasteiger partial charge is 0.245 e. The van der Waals surface area contributed by atoms with E-state index >= 15 is 0 Å². The average Bonchev–Trinajstić information content (AvgIpc) is 2.68.